The molecule has 1 saturated heterocycles. The summed E-state index contributed by atoms with van der Waals surface area (Å²) in [6, 6.07) is 2.19. The first-order chi connectivity index (χ1) is 12.8. The number of nitrogens with zero attached hydrogens (tertiary/aromatic N) is 1. The SMILES string of the molecule is C[C@H](NC(=O)CCCN1C(=O)NC2(CCCC2)C1=O)c1ccc(F)cc1F. The van der Waals surface area contributed by atoms with Gasteiger partial charge in [-0.1, -0.05) is 18.9 Å². The van der Waals surface area contributed by atoms with E-state index in [1.54, 1.807) is 6.92 Å². The lowest BCUT2D eigenvalue weighted by atomic mass is 9.98. The molecule has 0 bridgehead atoms. The van der Waals surface area contributed by atoms with E-state index in [9.17, 15) is 23.2 Å². The van der Waals surface area contributed by atoms with Gasteiger partial charge >= 0.3 is 6.03 Å². The van der Waals surface area contributed by atoms with E-state index in [0.717, 1.165) is 25.0 Å². The summed E-state index contributed by atoms with van der Waals surface area (Å²) in [4.78, 5) is 37.8. The van der Waals surface area contributed by atoms with Crippen LogP contribution in [0.1, 0.15) is 57.1 Å². The lowest BCUT2D eigenvalue weighted by Gasteiger charge is -2.20. The van der Waals surface area contributed by atoms with Crippen molar-refractivity contribution in [1.82, 2.24) is 15.5 Å². The second kappa shape index (κ2) is 7.62. The van der Waals surface area contributed by atoms with E-state index in [0.29, 0.717) is 19.3 Å². The number of carbonyl (C=O) groups excluding carboxylic acids is 3. The molecule has 27 heavy (non-hydrogen) atoms. The molecule has 8 heteroatoms. The third-order valence-corrected chi connectivity index (χ3v) is 5.30. The Morgan fingerprint density at radius 3 is 2.67 bits per heavy atom. The molecule has 2 fully saturated rings. The van der Waals surface area contributed by atoms with Crippen LogP contribution in [-0.2, 0) is 9.59 Å². The van der Waals surface area contributed by atoms with Crippen LogP contribution in [0.25, 0.3) is 0 Å². The Bertz CT molecular complexity index is 763. The van der Waals surface area contributed by atoms with Gasteiger partial charge in [0.05, 0.1) is 6.04 Å². The molecular formula is C19H23F2N3O3. The molecule has 1 saturated carbocycles. The van der Waals surface area contributed by atoms with Gasteiger partial charge in [-0.05, 0) is 32.3 Å². The smallest absolute Gasteiger partial charge is 0.325 e. The third-order valence-electron chi connectivity index (χ3n) is 5.30. The van der Waals surface area contributed by atoms with Gasteiger partial charge in [-0.2, -0.15) is 0 Å². The van der Waals surface area contributed by atoms with Gasteiger partial charge in [-0.3, -0.25) is 14.5 Å². The van der Waals surface area contributed by atoms with E-state index < -0.39 is 29.2 Å². The fraction of sp³-hybridized carbons (Fsp3) is 0.526. The van der Waals surface area contributed by atoms with Crippen LogP contribution in [0.3, 0.4) is 0 Å². The summed E-state index contributed by atoms with van der Waals surface area (Å²) in [6.45, 7) is 1.77. The molecule has 3 rings (SSSR count). The zero-order valence-corrected chi connectivity index (χ0v) is 15.2. The van der Waals surface area contributed by atoms with Crippen LogP contribution in [-0.4, -0.2) is 34.8 Å². The molecule has 2 aliphatic rings. The number of urea groups is 1. The highest BCUT2D eigenvalue weighted by Gasteiger charge is 2.52. The van der Waals surface area contributed by atoms with E-state index in [4.69, 9.17) is 0 Å². The maximum absolute atomic E-state index is 13.8. The Morgan fingerprint density at radius 2 is 2.00 bits per heavy atom. The summed E-state index contributed by atoms with van der Waals surface area (Å²) < 4.78 is 26.7. The van der Waals surface area contributed by atoms with Crippen molar-refractivity contribution in [2.45, 2.75) is 57.0 Å². The summed E-state index contributed by atoms with van der Waals surface area (Å²) >= 11 is 0. The van der Waals surface area contributed by atoms with Crippen molar-refractivity contribution in [2.24, 2.45) is 0 Å². The van der Waals surface area contributed by atoms with Gasteiger partial charge in [0.15, 0.2) is 0 Å². The maximum atomic E-state index is 13.8. The van der Waals surface area contributed by atoms with Crippen molar-refractivity contribution in [3.05, 3.63) is 35.4 Å². The molecule has 0 unspecified atom stereocenters. The first-order valence-electron chi connectivity index (χ1n) is 9.21. The Balaban J connectivity index is 1.48. The highest BCUT2D eigenvalue weighted by atomic mass is 19.1. The molecular weight excluding hydrogens is 356 g/mol. The van der Waals surface area contributed by atoms with Crippen LogP contribution in [0.5, 0.6) is 0 Å². The van der Waals surface area contributed by atoms with Gasteiger partial charge < -0.3 is 10.6 Å². The lowest BCUT2D eigenvalue weighted by Crippen LogP contribution is -2.44. The molecule has 0 radical (unpaired) electrons. The number of halogens is 2. The number of imide groups is 1. The van der Waals surface area contributed by atoms with Crippen LogP contribution in [0.15, 0.2) is 18.2 Å². The largest absolute Gasteiger partial charge is 0.349 e. The van der Waals surface area contributed by atoms with Crippen molar-refractivity contribution in [3.63, 3.8) is 0 Å². The minimum Gasteiger partial charge on any atom is -0.349 e. The maximum Gasteiger partial charge on any atom is 0.325 e. The van der Waals surface area contributed by atoms with Gasteiger partial charge in [-0.15, -0.1) is 0 Å². The monoisotopic (exact) mass is 379 g/mol. The molecule has 146 valence electrons. The minimum atomic E-state index is -0.742. The van der Waals surface area contributed by atoms with Crippen molar-refractivity contribution in [1.29, 1.82) is 0 Å². The van der Waals surface area contributed by atoms with Crippen molar-refractivity contribution in [2.75, 3.05) is 6.54 Å². The van der Waals surface area contributed by atoms with E-state index in [1.807, 2.05) is 0 Å². The lowest BCUT2D eigenvalue weighted by molar-refractivity contribution is -0.131. The minimum absolute atomic E-state index is 0.0945. The summed E-state index contributed by atoms with van der Waals surface area (Å²) in [5.41, 5.74) is -0.546. The summed E-state index contributed by atoms with van der Waals surface area (Å²) in [6.07, 6.45) is 3.57. The van der Waals surface area contributed by atoms with E-state index >= 15 is 0 Å². The quantitative estimate of drug-likeness (QED) is 0.746. The topological polar surface area (TPSA) is 78.5 Å². The van der Waals surface area contributed by atoms with Crippen LogP contribution < -0.4 is 10.6 Å². The van der Waals surface area contributed by atoms with Gasteiger partial charge in [0, 0.05) is 24.6 Å². The molecule has 1 aliphatic carbocycles. The second-order valence-corrected chi connectivity index (χ2v) is 7.23. The highest BCUT2D eigenvalue weighted by molar-refractivity contribution is 6.07. The number of hydrogen-bond acceptors (Lipinski definition) is 3. The molecule has 4 amide bonds. The van der Waals surface area contributed by atoms with Gasteiger partial charge in [0.2, 0.25) is 5.91 Å². The molecule has 1 aromatic carbocycles. The zero-order valence-electron chi connectivity index (χ0n) is 15.2. The number of rotatable bonds is 6. The number of nitrogens with one attached hydrogen (secondary N) is 2. The molecule has 2 N–H and O–H groups in total. The molecule has 1 atom stereocenters. The van der Waals surface area contributed by atoms with Crippen molar-refractivity contribution in [3.8, 4) is 0 Å². The third kappa shape index (κ3) is 3.94. The van der Waals surface area contributed by atoms with E-state index in [2.05, 4.69) is 10.6 Å². The Kier molecular flexibility index (Phi) is 5.43. The predicted octanol–water partition coefficient (Wildman–Crippen LogP) is 2.79. The van der Waals surface area contributed by atoms with Crippen LogP contribution >= 0.6 is 0 Å². The van der Waals surface area contributed by atoms with Crippen LogP contribution in [0.4, 0.5) is 13.6 Å². The molecule has 0 aromatic heterocycles. The Hall–Kier alpha value is -2.51. The van der Waals surface area contributed by atoms with Crippen LogP contribution in [0.2, 0.25) is 0 Å². The van der Waals surface area contributed by atoms with Crippen molar-refractivity contribution >= 4 is 17.8 Å². The highest BCUT2D eigenvalue weighted by Crippen LogP contribution is 2.35. The number of amides is 4. The van der Waals surface area contributed by atoms with E-state index in [1.165, 1.54) is 11.0 Å². The average Bonchev–Trinajstić information content (AvgIpc) is 3.15. The normalized spacial score (nSPS) is 19.4. The molecule has 6 nitrogen and oxygen atoms in total. The second-order valence-electron chi connectivity index (χ2n) is 7.23. The summed E-state index contributed by atoms with van der Waals surface area (Å²) in [7, 11) is 0. The predicted molar refractivity (Wildman–Crippen MR) is 93.6 cm³/mol. The first-order valence-corrected chi connectivity index (χ1v) is 9.21. The molecule has 1 heterocycles. The fourth-order valence-corrected chi connectivity index (χ4v) is 3.84. The molecule has 1 aliphatic heterocycles. The zero-order chi connectivity index (χ0) is 19.6. The first kappa shape index (κ1) is 19.3. The molecule has 1 spiro atoms. The summed E-state index contributed by atoms with van der Waals surface area (Å²) in [5.74, 6) is -1.92. The van der Waals surface area contributed by atoms with Gasteiger partial charge in [0.1, 0.15) is 17.2 Å². The fourth-order valence-electron chi connectivity index (χ4n) is 3.84. The standard InChI is InChI=1S/C19H23F2N3O3/c1-12(14-7-6-13(20)11-15(14)21)22-16(25)5-4-10-24-17(26)19(23-18(24)27)8-2-3-9-19/h6-7,11-12H,2-5,8-10H2,1H3,(H,22,25)(H,23,27)/t12-/m0/s1. The van der Waals surface area contributed by atoms with Gasteiger partial charge in [-0.25, -0.2) is 13.6 Å². The number of hydrogen-bond donors (Lipinski definition) is 2. The summed E-state index contributed by atoms with van der Waals surface area (Å²) in [5, 5.41) is 5.44. The molecule has 1 aromatic rings. The number of benzene rings is 1. The number of carbonyl (C=O) groups is 3. The van der Waals surface area contributed by atoms with E-state index in [-0.39, 0.29) is 30.3 Å². The average molecular weight is 379 g/mol. The van der Waals surface area contributed by atoms with Gasteiger partial charge in [0.25, 0.3) is 5.91 Å². The van der Waals surface area contributed by atoms with Crippen molar-refractivity contribution < 1.29 is 23.2 Å². The Morgan fingerprint density at radius 1 is 1.30 bits per heavy atom. The van der Waals surface area contributed by atoms with Crippen LogP contribution in [0, 0.1) is 11.6 Å². The Labute approximate surface area is 156 Å².